The summed E-state index contributed by atoms with van der Waals surface area (Å²) in [6, 6.07) is -1.46. The number of esters is 2. The third-order valence-electron chi connectivity index (χ3n) is 6.25. The number of hydrogen-bond donors (Lipinski definition) is 3. The molecule has 0 aromatic heterocycles. The zero-order valence-corrected chi connectivity index (χ0v) is 19.2. The molecule has 186 valence electrons. The van der Waals surface area contributed by atoms with Crippen LogP contribution in [0.15, 0.2) is 0 Å². The molecule has 2 amide bonds. The minimum Gasteiger partial charge on any atom is -0.469 e. The summed E-state index contributed by atoms with van der Waals surface area (Å²) < 4.78 is 9.71. The first kappa shape index (κ1) is 26.5. The van der Waals surface area contributed by atoms with Gasteiger partial charge in [0.25, 0.3) is 0 Å². The average Bonchev–Trinajstić information content (AvgIpc) is 2.81. The molecule has 1 saturated carbocycles. The predicted molar refractivity (Wildman–Crippen MR) is 115 cm³/mol. The molecule has 1 heterocycles. The van der Waals surface area contributed by atoms with E-state index in [1.54, 1.807) is 6.92 Å². The van der Waals surface area contributed by atoms with Gasteiger partial charge in [-0.05, 0) is 45.2 Å². The fourth-order valence-electron chi connectivity index (χ4n) is 4.56. The molecule has 0 spiro atoms. The SMILES string of the molecule is CCOC(=O)CC(NC(=O)CNC(=O)C1CC(C(=O)OC)CC([N+](=O)[O-])C1)C1CCCNC1. The molecule has 2 rings (SSSR count). The molecular formula is C21H34N4O8. The number of carbonyl (C=O) groups is 4. The number of nitrogens with zero attached hydrogens (tertiary/aromatic N) is 1. The lowest BCUT2D eigenvalue weighted by molar-refractivity contribution is -0.528. The van der Waals surface area contributed by atoms with E-state index in [0.29, 0.717) is 6.54 Å². The smallest absolute Gasteiger partial charge is 0.308 e. The minimum atomic E-state index is -1.03. The van der Waals surface area contributed by atoms with E-state index in [4.69, 9.17) is 9.47 Å². The van der Waals surface area contributed by atoms with Crippen molar-refractivity contribution in [2.45, 2.75) is 57.5 Å². The Morgan fingerprint density at radius 3 is 2.52 bits per heavy atom. The van der Waals surface area contributed by atoms with Gasteiger partial charge in [0.15, 0.2) is 0 Å². The summed E-state index contributed by atoms with van der Waals surface area (Å²) in [6.45, 7) is 3.17. The van der Waals surface area contributed by atoms with Crippen LogP contribution in [0.5, 0.6) is 0 Å². The monoisotopic (exact) mass is 470 g/mol. The Morgan fingerprint density at radius 2 is 1.91 bits per heavy atom. The molecule has 3 N–H and O–H groups in total. The van der Waals surface area contributed by atoms with Crippen molar-refractivity contribution in [2.75, 3.05) is 33.4 Å². The van der Waals surface area contributed by atoms with Crippen molar-refractivity contribution in [3.63, 3.8) is 0 Å². The molecule has 0 aromatic rings. The fourth-order valence-corrected chi connectivity index (χ4v) is 4.56. The third-order valence-corrected chi connectivity index (χ3v) is 6.25. The van der Waals surface area contributed by atoms with Gasteiger partial charge in [-0.25, -0.2) is 0 Å². The van der Waals surface area contributed by atoms with Crippen molar-refractivity contribution in [1.82, 2.24) is 16.0 Å². The Morgan fingerprint density at radius 1 is 1.18 bits per heavy atom. The van der Waals surface area contributed by atoms with E-state index in [0.717, 1.165) is 19.4 Å². The highest BCUT2D eigenvalue weighted by Gasteiger charge is 2.42. The Balaban J connectivity index is 1.93. The number of hydrogen-bond acceptors (Lipinski definition) is 9. The molecule has 2 fully saturated rings. The van der Waals surface area contributed by atoms with E-state index < -0.39 is 52.6 Å². The highest BCUT2D eigenvalue weighted by Crippen LogP contribution is 2.31. The van der Waals surface area contributed by atoms with Crippen molar-refractivity contribution >= 4 is 23.8 Å². The van der Waals surface area contributed by atoms with Crippen LogP contribution in [0.2, 0.25) is 0 Å². The first-order valence-electron chi connectivity index (χ1n) is 11.4. The summed E-state index contributed by atoms with van der Waals surface area (Å²) in [5.74, 6) is -3.43. The lowest BCUT2D eigenvalue weighted by Crippen LogP contribution is -2.50. The van der Waals surface area contributed by atoms with Crippen LogP contribution in [-0.2, 0) is 28.7 Å². The van der Waals surface area contributed by atoms with E-state index in [1.807, 2.05) is 0 Å². The van der Waals surface area contributed by atoms with Gasteiger partial charge in [-0.1, -0.05) is 0 Å². The van der Waals surface area contributed by atoms with Crippen molar-refractivity contribution in [3.8, 4) is 0 Å². The second kappa shape index (κ2) is 13.1. The molecular weight excluding hydrogens is 436 g/mol. The molecule has 12 nitrogen and oxygen atoms in total. The largest absolute Gasteiger partial charge is 0.469 e. The van der Waals surface area contributed by atoms with Crippen LogP contribution in [0.25, 0.3) is 0 Å². The van der Waals surface area contributed by atoms with Crippen LogP contribution < -0.4 is 16.0 Å². The summed E-state index contributed by atoms with van der Waals surface area (Å²) in [5.41, 5.74) is 0. The molecule has 12 heteroatoms. The summed E-state index contributed by atoms with van der Waals surface area (Å²) in [7, 11) is 1.20. The zero-order valence-electron chi connectivity index (χ0n) is 19.2. The summed E-state index contributed by atoms with van der Waals surface area (Å²) in [5, 5.41) is 19.9. The molecule has 0 radical (unpaired) electrons. The van der Waals surface area contributed by atoms with Gasteiger partial charge in [-0.15, -0.1) is 0 Å². The molecule has 2 aliphatic rings. The Hall–Kier alpha value is -2.76. The number of piperidine rings is 1. The van der Waals surface area contributed by atoms with E-state index in [2.05, 4.69) is 16.0 Å². The lowest BCUT2D eigenvalue weighted by Gasteiger charge is -2.31. The van der Waals surface area contributed by atoms with Crippen molar-refractivity contribution in [2.24, 2.45) is 17.8 Å². The van der Waals surface area contributed by atoms with Crippen molar-refractivity contribution in [1.29, 1.82) is 0 Å². The molecule has 5 unspecified atom stereocenters. The maximum absolute atomic E-state index is 12.6. The number of ether oxygens (including phenoxy) is 2. The molecule has 1 aliphatic heterocycles. The van der Waals surface area contributed by atoms with E-state index in [-0.39, 0.29) is 44.8 Å². The summed E-state index contributed by atoms with van der Waals surface area (Å²) >= 11 is 0. The van der Waals surface area contributed by atoms with Gasteiger partial charge in [0.05, 0.1) is 32.6 Å². The maximum Gasteiger partial charge on any atom is 0.308 e. The Labute approximate surface area is 192 Å². The Kier molecular flexibility index (Phi) is 10.5. The summed E-state index contributed by atoms with van der Waals surface area (Å²) in [4.78, 5) is 59.8. The van der Waals surface area contributed by atoms with Gasteiger partial charge >= 0.3 is 11.9 Å². The van der Waals surface area contributed by atoms with Gasteiger partial charge in [-0.3, -0.25) is 29.3 Å². The topological polar surface area (TPSA) is 166 Å². The van der Waals surface area contributed by atoms with Gasteiger partial charge < -0.3 is 25.4 Å². The third kappa shape index (κ3) is 8.26. The lowest BCUT2D eigenvalue weighted by atomic mass is 9.78. The van der Waals surface area contributed by atoms with Crippen LogP contribution >= 0.6 is 0 Å². The predicted octanol–water partition coefficient (Wildman–Crippen LogP) is -0.225. The van der Waals surface area contributed by atoms with Crippen molar-refractivity contribution < 1.29 is 33.6 Å². The minimum absolute atomic E-state index is 0.00677. The normalized spacial score (nSPS) is 25.9. The van der Waals surface area contributed by atoms with Gasteiger partial charge in [-0.2, -0.15) is 0 Å². The van der Waals surface area contributed by atoms with Crippen LogP contribution in [0.3, 0.4) is 0 Å². The van der Waals surface area contributed by atoms with Crippen LogP contribution in [0.4, 0.5) is 0 Å². The second-order valence-electron chi connectivity index (χ2n) is 8.57. The molecule has 0 bridgehead atoms. The fraction of sp³-hybridized carbons (Fsp3) is 0.810. The summed E-state index contributed by atoms with van der Waals surface area (Å²) in [6.07, 6.45) is 1.96. The number of nitrogens with one attached hydrogen (secondary N) is 3. The van der Waals surface area contributed by atoms with Gasteiger partial charge in [0.1, 0.15) is 0 Å². The number of nitro groups is 1. The number of carbonyl (C=O) groups excluding carboxylic acids is 4. The quantitative estimate of drug-likeness (QED) is 0.222. The van der Waals surface area contributed by atoms with Gasteiger partial charge in [0.2, 0.25) is 17.9 Å². The number of methoxy groups -OCH3 is 1. The van der Waals surface area contributed by atoms with Crippen molar-refractivity contribution in [3.05, 3.63) is 10.1 Å². The van der Waals surface area contributed by atoms with E-state index in [9.17, 15) is 29.3 Å². The standard InChI is InChI=1S/C21H34N4O8/c1-3-33-19(27)10-17(13-5-4-6-22-11-13)24-18(26)12-23-20(28)14-7-15(21(29)32-2)9-16(8-14)25(30)31/h13-17,22H,3-12H2,1-2H3,(H,23,28)(H,24,26). The number of rotatable bonds is 10. The molecule has 1 aliphatic carbocycles. The van der Waals surface area contributed by atoms with E-state index >= 15 is 0 Å². The average molecular weight is 471 g/mol. The molecule has 1 saturated heterocycles. The van der Waals surface area contributed by atoms with Crippen LogP contribution in [0, 0.1) is 27.9 Å². The first-order valence-corrected chi connectivity index (χ1v) is 11.4. The van der Waals surface area contributed by atoms with Gasteiger partial charge in [0, 0.05) is 29.7 Å². The first-order chi connectivity index (χ1) is 15.7. The highest BCUT2D eigenvalue weighted by atomic mass is 16.6. The van der Waals surface area contributed by atoms with Crippen LogP contribution in [0.1, 0.15) is 45.4 Å². The van der Waals surface area contributed by atoms with E-state index in [1.165, 1.54) is 7.11 Å². The number of amides is 2. The molecule has 5 atom stereocenters. The van der Waals surface area contributed by atoms with Crippen LogP contribution in [-0.4, -0.2) is 74.1 Å². The zero-order chi connectivity index (χ0) is 24.4. The highest BCUT2D eigenvalue weighted by molar-refractivity contribution is 5.86. The molecule has 33 heavy (non-hydrogen) atoms. The second-order valence-corrected chi connectivity index (χ2v) is 8.57. The maximum atomic E-state index is 12.6. The molecule has 0 aromatic carbocycles. The Bertz CT molecular complexity index is 725.